The summed E-state index contributed by atoms with van der Waals surface area (Å²) in [4.78, 5) is 30.3. The van der Waals surface area contributed by atoms with E-state index in [0.717, 1.165) is 18.4 Å². The Morgan fingerprint density at radius 2 is 1.92 bits per heavy atom. The standard InChI is InChI=1S/C19H23N3O2/c1-3-4-11-21-18(23)17-13-16(10-12-20-17)19(24)22(2)14-15-8-6-5-7-9-15/h5-10,12-13H,3-4,11,14H2,1-2H3,(H,21,23). The highest BCUT2D eigenvalue weighted by atomic mass is 16.2. The molecular formula is C19H23N3O2. The van der Waals surface area contributed by atoms with Crippen LogP contribution >= 0.6 is 0 Å². The van der Waals surface area contributed by atoms with Gasteiger partial charge in [0.15, 0.2) is 0 Å². The van der Waals surface area contributed by atoms with E-state index in [9.17, 15) is 9.59 Å². The Kier molecular flexibility index (Phi) is 6.49. The SMILES string of the molecule is CCCCNC(=O)c1cc(C(=O)N(C)Cc2ccccc2)ccn1. The van der Waals surface area contributed by atoms with Crippen molar-refractivity contribution in [3.8, 4) is 0 Å². The van der Waals surface area contributed by atoms with E-state index in [1.165, 1.54) is 6.20 Å². The van der Waals surface area contributed by atoms with Gasteiger partial charge in [0.2, 0.25) is 0 Å². The number of benzene rings is 1. The van der Waals surface area contributed by atoms with Crippen LogP contribution in [0.15, 0.2) is 48.7 Å². The normalized spacial score (nSPS) is 10.2. The van der Waals surface area contributed by atoms with Crippen LogP contribution < -0.4 is 5.32 Å². The van der Waals surface area contributed by atoms with Crippen molar-refractivity contribution in [3.05, 3.63) is 65.5 Å². The van der Waals surface area contributed by atoms with Crippen LogP contribution in [-0.4, -0.2) is 35.3 Å². The van der Waals surface area contributed by atoms with Gasteiger partial charge in [-0.15, -0.1) is 0 Å². The van der Waals surface area contributed by atoms with E-state index in [1.54, 1.807) is 24.1 Å². The van der Waals surface area contributed by atoms with E-state index in [-0.39, 0.29) is 17.5 Å². The van der Waals surface area contributed by atoms with Gasteiger partial charge in [-0.1, -0.05) is 43.7 Å². The summed E-state index contributed by atoms with van der Waals surface area (Å²) >= 11 is 0. The second-order valence-electron chi connectivity index (χ2n) is 5.69. The zero-order valence-corrected chi connectivity index (χ0v) is 14.2. The Morgan fingerprint density at radius 3 is 2.62 bits per heavy atom. The average molecular weight is 325 g/mol. The molecule has 2 aromatic rings. The van der Waals surface area contributed by atoms with Crippen LogP contribution in [0, 0.1) is 0 Å². The number of carbonyl (C=O) groups excluding carboxylic acids is 2. The monoisotopic (exact) mass is 325 g/mol. The van der Waals surface area contributed by atoms with E-state index < -0.39 is 0 Å². The van der Waals surface area contributed by atoms with E-state index in [4.69, 9.17) is 0 Å². The first-order valence-corrected chi connectivity index (χ1v) is 8.15. The van der Waals surface area contributed by atoms with Gasteiger partial charge in [-0.3, -0.25) is 14.6 Å². The molecule has 5 heteroatoms. The van der Waals surface area contributed by atoms with Crippen LogP contribution in [0.4, 0.5) is 0 Å². The minimum Gasteiger partial charge on any atom is -0.351 e. The zero-order chi connectivity index (χ0) is 17.4. The van der Waals surface area contributed by atoms with Gasteiger partial charge in [0, 0.05) is 31.9 Å². The first-order chi connectivity index (χ1) is 11.6. The number of aromatic nitrogens is 1. The smallest absolute Gasteiger partial charge is 0.269 e. The number of unbranched alkanes of at least 4 members (excludes halogenated alkanes) is 1. The van der Waals surface area contributed by atoms with Gasteiger partial charge in [0.25, 0.3) is 11.8 Å². The summed E-state index contributed by atoms with van der Waals surface area (Å²) in [6.45, 7) is 3.19. The lowest BCUT2D eigenvalue weighted by molar-refractivity contribution is 0.0785. The third kappa shape index (κ3) is 4.91. The van der Waals surface area contributed by atoms with E-state index in [2.05, 4.69) is 17.2 Å². The molecule has 1 heterocycles. The van der Waals surface area contributed by atoms with Crippen LogP contribution in [0.5, 0.6) is 0 Å². The lowest BCUT2D eigenvalue weighted by Crippen LogP contribution is -2.28. The fourth-order valence-electron chi connectivity index (χ4n) is 2.31. The number of nitrogens with one attached hydrogen (secondary N) is 1. The van der Waals surface area contributed by atoms with Crippen molar-refractivity contribution in [1.29, 1.82) is 0 Å². The van der Waals surface area contributed by atoms with Crippen molar-refractivity contribution >= 4 is 11.8 Å². The average Bonchev–Trinajstić information content (AvgIpc) is 2.62. The quantitative estimate of drug-likeness (QED) is 0.796. The van der Waals surface area contributed by atoms with Crippen molar-refractivity contribution in [1.82, 2.24) is 15.2 Å². The van der Waals surface area contributed by atoms with Crippen LogP contribution in [0.25, 0.3) is 0 Å². The van der Waals surface area contributed by atoms with Crippen molar-refractivity contribution in [2.24, 2.45) is 0 Å². The summed E-state index contributed by atoms with van der Waals surface area (Å²) in [6.07, 6.45) is 3.43. The summed E-state index contributed by atoms with van der Waals surface area (Å²) in [7, 11) is 1.75. The maximum Gasteiger partial charge on any atom is 0.269 e. The Morgan fingerprint density at radius 1 is 1.17 bits per heavy atom. The van der Waals surface area contributed by atoms with Gasteiger partial charge in [-0.25, -0.2) is 0 Å². The van der Waals surface area contributed by atoms with Gasteiger partial charge in [-0.2, -0.15) is 0 Å². The maximum absolute atomic E-state index is 12.6. The molecule has 24 heavy (non-hydrogen) atoms. The predicted octanol–water partition coefficient (Wildman–Crippen LogP) is 2.88. The number of pyridine rings is 1. The van der Waals surface area contributed by atoms with Crippen LogP contribution in [0.2, 0.25) is 0 Å². The Labute approximate surface area is 142 Å². The maximum atomic E-state index is 12.6. The first kappa shape index (κ1) is 17.7. The Hall–Kier alpha value is -2.69. The van der Waals surface area contributed by atoms with Gasteiger partial charge in [0.1, 0.15) is 5.69 Å². The summed E-state index contributed by atoms with van der Waals surface area (Å²) in [5.74, 6) is -0.382. The number of hydrogen-bond acceptors (Lipinski definition) is 3. The third-order valence-electron chi connectivity index (χ3n) is 3.66. The molecule has 2 amide bonds. The zero-order valence-electron chi connectivity index (χ0n) is 14.2. The molecule has 5 nitrogen and oxygen atoms in total. The van der Waals surface area contributed by atoms with E-state index >= 15 is 0 Å². The lowest BCUT2D eigenvalue weighted by atomic mass is 10.1. The molecular weight excluding hydrogens is 302 g/mol. The molecule has 0 saturated heterocycles. The van der Waals surface area contributed by atoms with Crippen molar-refractivity contribution in [2.45, 2.75) is 26.3 Å². The molecule has 0 spiro atoms. The number of amides is 2. The molecule has 0 radical (unpaired) electrons. The van der Waals surface area contributed by atoms with Crippen molar-refractivity contribution < 1.29 is 9.59 Å². The molecule has 0 atom stereocenters. The number of rotatable bonds is 7. The molecule has 126 valence electrons. The second kappa shape index (κ2) is 8.82. The lowest BCUT2D eigenvalue weighted by Gasteiger charge is -2.17. The summed E-state index contributed by atoms with van der Waals surface area (Å²) in [5, 5.41) is 2.81. The fourth-order valence-corrected chi connectivity index (χ4v) is 2.31. The molecule has 1 aromatic heterocycles. The van der Waals surface area contributed by atoms with Crippen molar-refractivity contribution in [2.75, 3.05) is 13.6 Å². The fraction of sp³-hybridized carbons (Fsp3) is 0.316. The van der Waals surface area contributed by atoms with Gasteiger partial charge < -0.3 is 10.2 Å². The number of hydrogen-bond donors (Lipinski definition) is 1. The van der Waals surface area contributed by atoms with Crippen LogP contribution in [-0.2, 0) is 6.54 Å². The first-order valence-electron chi connectivity index (χ1n) is 8.15. The molecule has 0 fully saturated rings. The second-order valence-corrected chi connectivity index (χ2v) is 5.69. The topological polar surface area (TPSA) is 62.3 Å². The minimum absolute atomic E-state index is 0.135. The third-order valence-corrected chi connectivity index (χ3v) is 3.66. The Bertz CT molecular complexity index is 686. The van der Waals surface area contributed by atoms with Crippen molar-refractivity contribution in [3.63, 3.8) is 0 Å². The largest absolute Gasteiger partial charge is 0.351 e. The predicted molar refractivity (Wildman–Crippen MR) is 93.7 cm³/mol. The van der Waals surface area contributed by atoms with E-state index in [0.29, 0.717) is 18.7 Å². The molecule has 1 aromatic carbocycles. The van der Waals surface area contributed by atoms with Gasteiger partial charge in [0.05, 0.1) is 0 Å². The number of carbonyl (C=O) groups is 2. The number of nitrogens with zero attached hydrogens (tertiary/aromatic N) is 2. The minimum atomic E-state index is -0.246. The molecule has 0 aliphatic carbocycles. The van der Waals surface area contributed by atoms with Gasteiger partial charge in [-0.05, 0) is 24.1 Å². The summed E-state index contributed by atoms with van der Waals surface area (Å²) in [5.41, 5.74) is 1.79. The summed E-state index contributed by atoms with van der Waals surface area (Å²) in [6, 6.07) is 13.0. The van der Waals surface area contributed by atoms with Crippen LogP contribution in [0.3, 0.4) is 0 Å². The summed E-state index contributed by atoms with van der Waals surface area (Å²) < 4.78 is 0. The molecule has 0 aliphatic heterocycles. The molecule has 2 rings (SSSR count). The molecule has 0 bridgehead atoms. The van der Waals surface area contributed by atoms with Gasteiger partial charge >= 0.3 is 0 Å². The molecule has 0 aliphatic rings. The van der Waals surface area contributed by atoms with Crippen LogP contribution in [0.1, 0.15) is 46.2 Å². The Balaban J connectivity index is 2.04. The highest BCUT2D eigenvalue weighted by Gasteiger charge is 2.15. The molecule has 0 unspecified atom stereocenters. The highest BCUT2D eigenvalue weighted by molar-refractivity contribution is 5.98. The highest BCUT2D eigenvalue weighted by Crippen LogP contribution is 2.09. The van der Waals surface area contributed by atoms with E-state index in [1.807, 2.05) is 30.3 Å². The molecule has 1 N–H and O–H groups in total. The molecule has 0 saturated carbocycles.